The minimum atomic E-state index is -0.556. The van der Waals surface area contributed by atoms with Crippen molar-refractivity contribution in [1.29, 1.82) is 0 Å². The third-order valence-electron chi connectivity index (χ3n) is 9.01. The highest BCUT2D eigenvalue weighted by Crippen LogP contribution is 2.59. The lowest BCUT2D eigenvalue weighted by Gasteiger charge is -2.42. The van der Waals surface area contributed by atoms with E-state index in [1.54, 1.807) is 7.11 Å². The normalized spacial score (nSPS) is 29.9. The van der Waals surface area contributed by atoms with Crippen molar-refractivity contribution in [3.8, 4) is 0 Å². The Hall–Kier alpha value is -2.37. The van der Waals surface area contributed by atoms with Gasteiger partial charge in [-0.05, 0) is 58.8 Å². The summed E-state index contributed by atoms with van der Waals surface area (Å²) < 4.78 is 29.6. The van der Waals surface area contributed by atoms with Crippen LogP contribution in [-0.2, 0) is 28.5 Å². The van der Waals surface area contributed by atoms with E-state index in [9.17, 15) is 14.4 Å². The van der Waals surface area contributed by atoms with Gasteiger partial charge in [-0.1, -0.05) is 45.3 Å². The van der Waals surface area contributed by atoms with Crippen LogP contribution in [0, 0.1) is 11.8 Å². The molecule has 1 aliphatic carbocycles. The third kappa shape index (κ3) is 10.1. The van der Waals surface area contributed by atoms with E-state index in [4.69, 9.17) is 23.7 Å². The van der Waals surface area contributed by atoms with Gasteiger partial charge in [0.05, 0.1) is 24.7 Å². The maximum absolute atomic E-state index is 13.1. The molecule has 1 spiro atoms. The zero-order chi connectivity index (χ0) is 31.6. The molecular formula is C32H55N3O8. The van der Waals surface area contributed by atoms with E-state index in [1.807, 2.05) is 20.8 Å². The summed E-state index contributed by atoms with van der Waals surface area (Å²) in [5.41, 5.74) is 0.554. The zero-order valence-electron chi connectivity index (χ0n) is 27.3. The van der Waals surface area contributed by atoms with Crippen molar-refractivity contribution in [2.75, 3.05) is 33.4 Å². The van der Waals surface area contributed by atoms with E-state index in [0.717, 1.165) is 38.5 Å². The summed E-state index contributed by atoms with van der Waals surface area (Å²) in [6.45, 7) is 13.9. The number of methoxy groups -OCH3 is 1. The van der Waals surface area contributed by atoms with Crippen molar-refractivity contribution in [1.82, 2.24) is 16.0 Å². The second-order valence-electron chi connectivity index (χ2n) is 13.0. The molecule has 1 saturated carbocycles. The van der Waals surface area contributed by atoms with Gasteiger partial charge in [0.25, 0.3) is 0 Å². The van der Waals surface area contributed by atoms with E-state index >= 15 is 0 Å². The second-order valence-corrected chi connectivity index (χ2v) is 13.0. The molecule has 0 radical (unpaired) electrons. The predicted molar refractivity (Wildman–Crippen MR) is 163 cm³/mol. The number of amides is 3. The molecule has 11 heteroatoms. The summed E-state index contributed by atoms with van der Waals surface area (Å²) in [7, 11) is 1.65. The largest absolute Gasteiger partial charge is 0.447 e. The highest BCUT2D eigenvalue weighted by molar-refractivity contribution is 5.75. The van der Waals surface area contributed by atoms with E-state index in [2.05, 4.69) is 42.8 Å². The number of carbonyl (C=O) groups is 3. The molecule has 7 atom stereocenters. The highest BCUT2D eigenvalue weighted by Gasteiger charge is 2.72. The van der Waals surface area contributed by atoms with Gasteiger partial charge in [0.2, 0.25) is 5.91 Å². The van der Waals surface area contributed by atoms with Crippen LogP contribution < -0.4 is 16.0 Å². The van der Waals surface area contributed by atoms with Gasteiger partial charge in [-0.25, -0.2) is 9.59 Å². The minimum Gasteiger partial charge on any atom is -0.447 e. The van der Waals surface area contributed by atoms with E-state index < -0.39 is 29.9 Å². The minimum absolute atomic E-state index is 0.0172. The lowest BCUT2D eigenvalue weighted by Crippen LogP contribution is -2.56. The first-order valence-corrected chi connectivity index (χ1v) is 16.1. The number of rotatable bonds is 17. The molecule has 11 nitrogen and oxygen atoms in total. The van der Waals surface area contributed by atoms with Gasteiger partial charge in [-0.15, -0.1) is 0 Å². The number of epoxide rings is 2. The Morgan fingerprint density at radius 2 is 1.72 bits per heavy atom. The van der Waals surface area contributed by atoms with Crippen LogP contribution in [0.5, 0.6) is 0 Å². The fourth-order valence-electron chi connectivity index (χ4n) is 6.16. The Balaban J connectivity index is 1.42. The van der Waals surface area contributed by atoms with Gasteiger partial charge in [0.15, 0.2) is 0 Å². The molecule has 2 heterocycles. The van der Waals surface area contributed by atoms with Crippen molar-refractivity contribution >= 4 is 18.1 Å². The molecule has 3 aliphatic rings. The number of carbonyl (C=O) groups excluding carboxylic acids is 3. The van der Waals surface area contributed by atoms with Gasteiger partial charge in [0, 0.05) is 26.6 Å². The Labute approximate surface area is 257 Å². The van der Waals surface area contributed by atoms with Gasteiger partial charge < -0.3 is 39.6 Å². The number of nitrogens with one attached hydrogen (secondary N) is 3. The fraction of sp³-hybridized carbons (Fsp3) is 0.844. The highest BCUT2D eigenvalue weighted by atomic mass is 16.6. The van der Waals surface area contributed by atoms with Crippen LogP contribution in [0.1, 0.15) is 92.9 Å². The zero-order valence-corrected chi connectivity index (χ0v) is 27.3. The Bertz CT molecular complexity index is 964. The van der Waals surface area contributed by atoms with E-state index in [0.29, 0.717) is 32.5 Å². The molecular weight excluding hydrogens is 554 g/mol. The summed E-state index contributed by atoms with van der Waals surface area (Å²) >= 11 is 0. The molecule has 3 rings (SSSR count). The maximum atomic E-state index is 13.1. The number of unbranched alkanes of at least 4 members (excludes halogenated alkanes) is 3. The smallest absolute Gasteiger partial charge is 0.407 e. The molecule has 3 fully saturated rings. The van der Waals surface area contributed by atoms with Crippen molar-refractivity contribution < 1.29 is 38.1 Å². The van der Waals surface area contributed by atoms with Crippen molar-refractivity contribution in [2.24, 2.45) is 11.8 Å². The molecule has 246 valence electrons. The fourth-order valence-corrected chi connectivity index (χ4v) is 6.16. The first kappa shape index (κ1) is 35.1. The lowest BCUT2D eigenvalue weighted by atomic mass is 9.68. The average molecular weight is 610 g/mol. The summed E-state index contributed by atoms with van der Waals surface area (Å²) in [4.78, 5) is 36.5. The Morgan fingerprint density at radius 3 is 2.30 bits per heavy atom. The third-order valence-corrected chi connectivity index (χ3v) is 9.01. The summed E-state index contributed by atoms with van der Waals surface area (Å²) in [5, 5.41) is 8.52. The molecule has 0 bridgehead atoms. The average Bonchev–Trinajstić information content (AvgIpc) is 3.88. The van der Waals surface area contributed by atoms with Crippen LogP contribution in [0.3, 0.4) is 0 Å². The summed E-state index contributed by atoms with van der Waals surface area (Å²) in [5.74, 6) is 0.0304. The maximum Gasteiger partial charge on any atom is 0.407 e. The quantitative estimate of drug-likeness (QED) is 0.123. The van der Waals surface area contributed by atoms with Crippen LogP contribution in [0.25, 0.3) is 0 Å². The molecule has 3 amide bonds. The molecule has 43 heavy (non-hydrogen) atoms. The number of hydrogen-bond acceptors (Lipinski definition) is 8. The van der Waals surface area contributed by atoms with Crippen LogP contribution >= 0.6 is 0 Å². The van der Waals surface area contributed by atoms with Gasteiger partial charge >= 0.3 is 12.2 Å². The molecule has 0 aromatic rings. The van der Waals surface area contributed by atoms with E-state index in [1.165, 1.54) is 5.57 Å². The second kappa shape index (κ2) is 16.1. The van der Waals surface area contributed by atoms with Crippen LogP contribution in [0.2, 0.25) is 0 Å². The molecule has 0 aromatic carbocycles. The molecule has 3 N–H and O–H groups in total. The molecule has 2 saturated heterocycles. The number of alkyl carbamates (subject to hydrolysis) is 2. The number of allylic oxidation sites excluding steroid dienone is 1. The number of hydrogen-bond donors (Lipinski definition) is 3. The Morgan fingerprint density at radius 1 is 1.05 bits per heavy atom. The SMILES string of the molecule is CCC(=O)NCCCCCCNC(=O)OC[C@H](NC(=O)OC1CC[C@]2(CO2)C([C@]2(C)O[C@@H]2CC=C(C)C)C1OC)C(C)C. The van der Waals surface area contributed by atoms with Crippen molar-refractivity contribution in [3.05, 3.63) is 11.6 Å². The van der Waals surface area contributed by atoms with Gasteiger partial charge in [-0.3, -0.25) is 4.79 Å². The topological polar surface area (TPSA) is 140 Å². The monoisotopic (exact) mass is 609 g/mol. The van der Waals surface area contributed by atoms with Crippen LogP contribution in [0.4, 0.5) is 9.59 Å². The Kier molecular flexibility index (Phi) is 13.1. The standard InChI is InChI=1S/C32H55N3O8/c1-8-26(36)33-17-11-9-10-12-18-34-29(37)40-19-23(22(4)5)35-30(38)42-24-15-16-32(20-41-32)28(27(24)39-7)31(6)25(43-31)14-13-21(2)3/h13,22-25,27-28H,8-12,14-20H2,1-7H3,(H,33,36)(H,34,37)(H,35,38)/t23-,24?,25+,27?,28?,31+,32-/m0/s1. The van der Waals surface area contributed by atoms with Crippen molar-refractivity contribution in [2.45, 2.75) is 128 Å². The molecule has 2 aliphatic heterocycles. The molecule has 0 aromatic heterocycles. The summed E-state index contributed by atoms with van der Waals surface area (Å²) in [6, 6.07) is -0.409. The van der Waals surface area contributed by atoms with Crippen LogP contribution in [0.15, 0.2) is 11.6 Å². The van der Waals surface area contributed by atoms with Crippen LogP contribution in [-0.4, -0.2) is 87.1 Å². The van der Waals surface area contributed by atoms with Crippen molar-refractivity contribution in [3.63, 3.8) is 0 Å². The lowest BCUT2D eigenvalue weighted by molar-refractivity contribution is -0.120. The van der Waals surface area contributed by atoms with Gasteiger partial charge in [0.1, 0.15) is 30.0 Å². The number of ether oxygens (including phenoxy) is 5. The predicted octanol–water partition coefficient (Wildman–Crippen LogP) is 4.63. The summed E-state index contributed by atoms with van der Waals surface area (Å²) in [6.07, 6.45) is 6.79. The first-order valence-electron chi connectivity index (χ1n) is 16.1. The van der Waals surface area contributed by atoms with Gasteiger partial charge in [-0.2, -0.15) is 0 Å². The van der Waals surface area contributed by atoms with E-state index in [-0.39, 0.29) is 42.2 Å². The first-order chi connectivity index (χ1) is 20.5. The molecule has 3 unspecified atom stereocenters.